The largest absolute Gasteiger partial charge is 0.322 e. The summed E-state index contributed by atoms with van der Waals surface area (Å²) in [7, 11) is 0. The Morgan fingerprint density at radius 3 is 3.00 bits per heavy atom. The number of hydrogen-bond acceptors (Lipinski definition) is 4. The summed E-state index contributed by atoms with van der Waals surface area (Å²) < 4.78 is 1.11. The molecule has 2 aromatic rings. The van der Waals surface area contributed by atoms with Crippen molar-refractivity contribution in [2.24, 2.45) is 5.73 Å². The van der Waals surface area contributed by atoms with E-state index in [1.807, 2.05) is 6.07 Å². The smallest absolute Gasteiger partial charge is 0.115 e. The summed E-state index contributed by atoms with van der Waals surface area (Å²) in [6.45, 7) is 0. The van der Waals surface area contributed by atoms with Gasteiger partial charge in [-0.15, -0.1) is 11.3 Å². The zero-order valence-corrected chi connectivity index (χ0v) is 10.3. The molecule has 78 valence electrons. The summed E-state index contributed by atoms with van der Waals surface area (Å²) in [4.78, 5) is 9.26. The molecule has 0 aromatic carbocycles. The van der Waals surface area contributed by atoms with Gasteiger partial charge in [-0.25, -0.2) is 9.97 Å². The van der Waals surface area contributed by atoms with Crippen molar-refractivity contribution in [3.8, 4) is 0 Å². The van der Waals surface area contributed by atoms with Crippen LogP contribution in [0.5, 0.6) is 0 Å². The number of rotatable bonds is 3. The van der Waals surface area contributed by atoms with E-state index in [1.54, 1.807) is 17.5 Å². The summed E-state index contributed by atoms with van der Waals surface area (Å²) in [5.41, 5.74) is 6.92. The van der Waals surface area contributed by atoms with Crippen LogP contribution in [0.1, 0.15) is 16.6 Å². The predicted molar refractivity (Wildman–Crippen MR) is 64.7 cm³/mol. The van der Waals surface area contributed by atoms with Crippen molar-refractivity contribution < 1.29 is 0 Å². The number of halogens is 1. The highest BCUT2D eigenvalue weighted by atomic mass is 79.9. The van der Waals surface area contributed by atoms with Crippen LogP contribution in [0.3, 0.4) is 0 Å². The number of nitrogens with two attached hydrogens (primary N) is 1. The second kappa shape index (κ2) is 4.83. The second-order valence-electron chi connectivity index (χ2n) is 3.18. The molecule has 0 radical (unpaired) electrons. The van der Waals surface area contributed by atoms with Gasteiger partial charge in [0.1, 0.15) is 6.33 Å². The lowest BCUT2D eigenvalue weighted by Crippen LogP contribution is -2.14. The first-order chi connectivity index (χ1) is 7.25. The van der Waals surface area contributed by atoms with E-state index in [4.69, 9.17) is 5.73 Å². The number of hydrogen-bond donors (Lipinski definition) is 1. The molecule has 0 aliphatic carbocycles. The number of nitrogens with zero attached hydrogens (tertiary/aromatic N) is 2. The third-order valence-corrected chi connectivity index (χ3v) is 3.75. The molecule has 0 fully saturated rings. The van der Waals surface area contributed by atoms with Gasteiger partial charge >= 0.3 is 0 Å². The maximum Gasteiger partial charge on any atom is 0.115 e. The van der Waals surface area contributed by atoms with Crippen LogP contribution in [-0.2, 0) is 6.42 Å². The van der Waals surface area contributed by atoms with Crippen LogP contribution in [0.25, 0.3) is 0 Å². The summed E-state index contributed by atoms with van der Waals surface area (Å²) >= 11 is 5.12. The SMILES string of the molecule is NC(Cc1cc(Br)cs1)c1ccncn1. The van der Waals surface area contributed by atoms with Crippen LogP contribution in [0.2, 0.25) is 0 Å². The van der Waals surface area contributed by atoms with Crippen molar-refractivity contribution in [1.82, 2.24) is 9.97 Å². The first-order valence-electron chi connectivity index (χ1n) is 4.50. The zero-order chi connectivity index (χ0) is 10.7. The Kier molecular flexibility index (Phi) is 3.45. The Morgan fingerprint density at radius 1 is 1.53 bits per heavy atom. The minimum Gasteiger partial charge on any atom is -0.322 e. The van der Waals surface area contributed by atoms with Gasteiger partial charge in [0.15, 0.2) is 0 Å². The summed E-state index contributed by atoms with van der Waals surface area (Å²) in [6.07, 6.45) is 4.05. The molecule has 0 spiro atoms. The standard InChI is InChI=1S/C10H10BrN3S/c11-7-3-8(15-5-7)4-9(12)10-1-2-13-6-14-10/h1-3,5-6,9H,4,12H2. The van der Waals surface area contributed by atoms with E-state index in [-0.39, 0.29) is 6.04 Å². The highest BCUT2D eigenvalue weighted by molar-refractivity contribution is 9.10. The monoisotopic (exact) mass is 283 g/mol. The molecule has 0 bridgehead atoms. The lowest BCUT2D eigenvalue weighted by atomic mass is 10.1. The summed E-state index contributed by atoms with van der Waals surface area (Å²) in [5, 5.41) is 2.06. The van der Waals surface area contributed by atoms with Crippen LogP contribution in [0, 0.1) is 0 Å². The fourth-order valence-electron chi connectivity index (χ4n) is 1.30. The number of aromatic nitrogens is 2. The van der Waals surface area contributed by atoms with E-state index in [1.165, 1.54) is 11.2 Å². The van der Waals surface area contributed by atoms with E-state index in [2.05, 4.69) is 37.3 Å². The summed E-state index contributed by atoms with van der Waals surface area (Å²) in [5.74, 6) is 0. The lowest BCUT2D eigenvalue weighted by molar-refractivity contribution is 0.699. The van der Waals surface area contributed by atoms with Gasteiger partial charge in [0.2, 0.25) is 0 Å². The zero-order valence-electron chi connectivity index (χ0n) is 7.93. The molecule has 15 heavy (non-hydrogen) atoms. The molecular weight excluding hydrogens is 274 g/mol. The van der Waals surface area contributed by atoms with Crippen molar-refractivity contribution in [3.05, 3.63) is 45.1 Å². The Labute approximate surface area is 101 Å². The molecule has 0 saturated heterocycles. The molecule has 0 saturated carbocycles. The van der Waals surface area contributed by atoms with Crippen molar-refractivity contribution in [2.75, 3.05) is 0 Å². The maximum absolute atomic E-state index is 6.04. The van der Waals surface area contributed by atoms with E-state index >= 15 is 0 Å². The van der Waals surface area contributed by atoms with Gasteiger partial charge in [-0.2, -0.15) is 0 Å². The molecule has 2 aromatic heterocycles. The van der Waals surface area contributed by atoms with Gasteiger partial charge in [0.25, 0.3) is 0 Å². The molecule has 1 unspecified atom stereocenters. The van der Waals surface area contributed by atoms with E-state index < -0.39 is 0 Å². The number of thiophene rings is 1. The molecule has 3 nitrogen and oxygen atoms in total. The molecule has 2 heterocycles. The van der Waals surface area contributed by atoms with E-state index in [9.17, 15) is 0 Å². The highest BCUT2D eigenvalue weighted by Crippen LogP contribution is 2.23. The normalized spacial score (nSPS) is 12.7. The molecular formula is C10H10BrN3S. The second-order valence-corrected chi connectivity index (χ2v) is 5.09. The quantitative estimate of drug-likeness (QED) is 0.942. The predicted octanol–water partition coefficient (Wildman–Crippen LogP) is 2.54. The van der Waals surface area contributed by atoms with Gasteiger partial charge in [0, 0.05) is 27.3 Å². The molecule has 0 amide bonds. The van der Waals surface area contributed by atoms with E-state index in [0.717, 1.165) is 16.6 Å². The minimum absolute atomic E-state index is 0.0569. The average molecular weight is 284 g/mol. The molecule has 2 N–H and O–H groups in total. The van der Waals surface area contributed by atoms with Gasteiger partial charge in [-0.05, 0) is 28.1 Å². The first kappa shape index (κ1) is 10.7. The maximum atomic E-state index is 6.04. The minimum atomic E-state index is -0.0569. The molecule has 2 rings (SSSR count). The van der Waals surface area contributed by atoms with Gasteiger partial charge in [-0.3, -0.25) is 0 Å². The Hall–Kier alpha value is -0.780. The fraction of sp³-hybridized carbons (Fsp3) is 0.200. The van der Waals surface area contributed by atoms with Gasteiger partial charge in [0.05, 0.1) is 11.7 Å². The van der Waals surface area contributed by atoms with Crippen LogP contribution in [0.4, 0.5) is 0 Å². The summed E-state index contributed by atoms with van der Waals surface area (Å²) in [6, 6.07) is 3.89. The van der Waals surface area contributed by atoms with Crippen molar-refractivity contribution in [2.45, 2.75) is 12.5 Å². The third kappa shape index (κ3) is 2.84. The topological polar surface area (TPSA) is 51.8 Å². The van der Waals surface area contributed by atoms with Crippen LogP contribution in [0.15, 0.2) is 34.5 Å². The Bertz CT molecular complexity index is 429. The highest BCUT2D eigenvalue weighted by Gasteiger charge is 2.09. The fourth-order valence-corrected chi connectivity index (χ4v) is 2.81. The molecule has 0 aliphatic heterocycles. The van der Waals surface area contributed by atoms with Crippen molar-refractivity contribution in [1.29, 1.82) is 0 Å². The third-order valence-electron chi connectivity index (χ3n) is 2.03. The lowest BCUT2D eigenvalue weighted by Gasteiger charge is -2.08. The molecule has 1 atom stereocenters. The van der Waals surface area contributed by atoms with Crippen molar-refractivity contribution >= 4 is 27.3 Å². The van der Waals surface area contributed by atoms with E-state index in [0.29, 0.717) is 0 Å². The van der Waals surface area contributed by atoms with Gasteiger partial charge < -0.3 is 5.73 Å². The molecule has 5 heteroatoms. The Morgan fingerprint density at radius 2 is 2.40 bits per heavy atom. The molecule has 0 aliphatic rings. The van der Waals surface area contributed by atoms with Crippen LogP contribution < -0.4 is 5.73 Å². The first-order valence-corrected chi connectivity index (χ1v) is 6.17. The van der Waals surface area contributed by atoms with Crippen molar-refractivity contribution in [3.63, 3.8) is 0 Å². The van der Waals surface area contributed by atoms with Crippen LogP contribution in [-0.4, -0.2) is 9.97 Å². The average Bonchev–Trinajstić information content (AvgIpc) is 2.65. The van der Waals surface area contributed by atoms with Crippen LogP contribution >= 0.6 is 27.3 Å². The Balaban J connectivity index is 2.07. The van der Waals surface area contributed by atoms with Gasteiger partial charge in [-0.1, -0.05) is 0 Å².